The van der Waals surface area contributed by atoms with Crippen LogP contribution in [-0.2, 0) is 19.7 Å². The molecule has 0 aliphatic carbocycles. The highest BCUT2D eigenvalue weighted by Crippen LogP contribution is 2.27. The summed E-state index contributed by atoms with van der Waals surface area (Å²) in [6.07, 6.45) is 0. The maximum atomic E-state index is 12.7. The van der Waals surface area contributed by atoms with Gasteiger partial charge in [-0.25, -0.2) is 16.8 Å². The van der Waals surface area contributed by atoms with Crippen LogP contribution in [0.5, 0.6) is 23.0 Å². The topological polar surface area (TPSA) is 127 Å². The highest BCUT2D eigenvalue weighted by Gasteiger charge is 2.19. The number of hydrogen-bond donors (Lipinski definition) is 2. The SMILES string of the molecule is C=C(Oc1ccc(S(=O)(=O)c2ccc(O)cc2)cc1)Oc1ccc(S(=O)(=O)c2ccc(O)cc2)cc1. The molecule has 0 unspecified atom stereocenters. The fourth-order valence-electron chi connectivity index (χ4n) is 3.18. The van der Waals surface area contributed by atoms with Gasteiger partial charge in [-0.05, 0) is 104 Å². The summed E-state index contributed by atoms with van der Waals surface area (Å²) in [7, 11) is -7.54. The van der Waals surface area contributed by atoms with Gasteiger partial charge in [0.15, 0.2) is 0 Å². The van der Waals surface area contributed by atoms with Gasteiger partial charge in [-0.1, -0.05) is 0 Å². The van der Waals surface area contributed by atoms with Gasteiger partial charge in [0.25, 0.3) is 5.95 Å². The minimum absolute atomic E-state index is 0.0372. The average molecular weight is 525 g/mol. The molecule has 0 fully saturated rings. The van der Waals surface area contributed by atoms with E-state index >= 15 is 0 Å². The summed E-state index contributed by atoms with van der Waals surface area (Å²) < 4.78 is 61.8. The number of hydrogen-bond acceptors (Lipinski definition) is 8. The Morgan fingerprint density at radius 1 is 0.500 bits per heavy atom. The van der Waals surface area contributed by atoms with Crippen molar-refractivity contribution in [1.29, 1.82) is 0 Å². The van der Waals surface area contributed by atoms with Crippen LogP contribution in [0.1, 0.15) is 0 Å². The fraction of sp³-hybridized carbons (Fsp3) is 0. The second-order valence-electron chi connectivity index (χ2n) is 7.51. The Labute approximate surface area is 208 Å². The maximum absolute atomic E-state index is 12.7. The Bertz CT molecular complexity index is 1470. The van der Waals surface area contributed by atoms with Crippen LogP contribution < -0.4 is 9.47 Å². The summed E-state index contributed by atoms with van der Waals surface area (Å²) in [5, 5.41) is 18.7. The molecule has 0 bridgehead atoms. The van der Waals surface area contributed by atoms with Crippen molar-refractivity contribution in [3.05, 3.63) is 110 Å². The molecular weight excluding hydrogens is 504 g/mol. The maximum Gasteiger partial charge on any atom is 0.282 e. The number of ether oxygens (including phenoxy) is 2. The van der Waals surface area contributed by atoms with Gasteiger partial charge in [-0.15, -0.1) is 0 Å². The molecule has 36 heavy (non-hydrogen) atoms. The number of sulfone groups is 2. The molecule has 0 spiro atoms. The molecule has 4 aromatic carbocycles. The lowest BCUT2D eigenvalue weighted by molar-refractivity contribution is 0.228. The lowest BCUT2D eigenvalue weighted by Crippen LogP contribution is -2.04. The van der Waals surface area contributed by atoms with Gasteiger partial charge in [-0.3, -0.25) is 0 Å². The molecule has 10 heteroatoms. The molecule has 0 radical (unpaired) electrons. The van der Waals surface area contributed by atoms with Crippen molar-refractivity contribution in [2.24, 2.45) is 0 Å². The molecule has 8 nitrogen and oxygen atoms in total. The van der Waals surface area contributed by atoms with Crippen molar-refractivity contribution in [3.63, 3.8) is 0 Å². The van der Waals surface area contributed by atoms with Gasteiger partial charge >= 0.3 is 0 Å². The zero-order valence-corrected chi connectivity index (χ0v) is 20.2. The normalized spacial score (nSPS) is 11.6. The van der Waals surface area contributed by atoms with Gasteiger partial charge in [-0.2, -0.15) is 0 Å². The molecule has 0 heterocycles. The summed E-state index contributed by atoms with van der Waals surface area (Å²) in [5.41, 5.74) is 0. The minimum Gasteiger partial charge on any atom is -0.508 e. The highest BCUT2D eigenvalue weighted by atomic mass is 32.2. The van der Waals surface area contributed by atoms with Crippen molar-refractivity contribution >= 4 is 19.7 Å². The van der Waals surface area contributed by atoms with E-state index in [2.05, 4.69) is 6.58 Å². The third-order valence-corrected chi connectivity index (χ3v) is 8.60. The molecule has 2 N–H and O–H groups in total. The number of phenolic OH excluding ortho intramolecular Hbond substituents is 2. The van der Waals surface area contributed by atoms with Crippen molar-refractivity contribution in [2.75, 3.05) is 0 Å². The van der Waals surface area contributed by atoms with Gasteiger partial charge < -0.3 is 19.7 Å². The summed E-state index contributed by atoms with van der Waals surface area (Å²) in [6.45, 7) is 3.67. The zero-order chi connectivity index (χ0) is 25.9. The molecule has 0 aromatic heterocycles. The number of rotatable bonds is 8. The van der Waals surface area contributed by atoms with Crippen LogP contribution in [0.25, 0.3) is 0 Å². The molecule has 0 aliphatic heterocycles. The molecule has 0 atom stereocenters. The van der Waals surface area contributed by atoms with E-state index in [1.165, 1.54) is 97.1 Å². The van der Waals surface area contributed by atoms with E-state index < -0.39 is 19.7 Å². The minimum atomic E-state index is -3.77. The van der Waals surface area contributed by atoms with Crippen molar-refractivity contribution in [2.45, 2.75) is 19.6 Å². The Hall–Kier alpha value is -4.28. The summed E-state index contributed by atoms with van der Waals surface area (Å²) >= 11 is 0. The summed E-state index contributed by atoms with van der Waals surface area (Å²) in [6, 6.07) is 21.7. The number of benzene rings is 4. The first-order chi connectivity index (χ1) is 17.1. The highest BCUT2D eigenvalue weighted by molar-refractivity contribution is 7.91. The Morgan fingerprint density at radius 3 is 1.03 bits per heavy atom. The van der Waals surface area contributed by atoms with E-state index in [1.807, 2.05) is 0 Å². The Balaban J connectivity index is 1.41. The second kappa shape index (κ2) is 9.76. The fourth-order valence-corrected chi connectivity index (χ4v) is 5.70. The van der Waals surface area contributed by atoms with Crippen molar-refractivity contribution < 1.29 is 36.5 Å². The van der Waals surface area contributed by atoms with Gasteiger partial charge in [0.05, 0.1) is 19.6 Å². The first-order valence-electron chi connectivity index (χ1n) is 10.4. The number of phenols is 2. The zero-order valence-electron chi connectivity index (χ0n) is 18.6. The average Bonchev–Trinajstić information content (AvgIpc) is 2.85. The molecule has 0 amide bonds. The van der Waals surface area contributed by atoms with Crippen LogP contribution in [0, 0.1) is 0 Å². The number of aromatic hydroxyl groups is 2. The first kappa shape index (κ1) is 24.8. The summed E-state index contributed by atoms with van der Waals surface area (Å²) in [4.78, 5) is 0.158. The third-order valence-electron chi connectivity index (χ3n) is 5.03. The third kappa shape index (κ3) is 5.35. The second-order valence-corrected chi connectivity index (χ2v) is 11.4. The van der Waals surface area contributed by atoms with Crippen LogP contribution in [0.15, 0.2) is 129 Å². The Kier molecular flexibility index (Phi) is 6.73. The van der Waals surface area contributed by atoms with Crippen molar-refractivity contribution in [1.82, 2.24) is 0 Å². The molecule has 184 valence electrons. The molecule has 4 rings (SSSR count). The van der Waals surface area contributed by atoms with Crippen LogP contribution >= 0.6 is 0 Å². The molecular formula is C26H20O8S2. The van der Waals surface area contributed by atoms with E-state index in [9.17, 15) is 27.0 Å². The lowest BCUT2D eigenvalue weighted by Gasteiger charge is -2.11. The van der Waals surface area contributed by atoms with E-state index in [-0.39, 0.29) is 48.5 Å². The van der Waals surface area contributed by atoms with Crippen LogP contribution in [0.3, 0.4) is 0 Å². The largest absolute Gasteiger partial charge is 0.508 e. The Morgan fingerprint density at radius 2 is 0.750 bits per heavy atom. The van der Waals surface area contributed by atoms with Gasteiger partial charge in [0.1, 0.15) is 23.0 Å². The monoisotopic (exact) mass is 524 g/mol. The van der Waals surface area contributed by atoms with E-state index in [1.54, 1.807) is 0 Å². The van der Waals surface area contributed by atoms with E-state index in [0.29, 0.717) is 0 Å². The first-order valence-corrected chi connectivity index (χ1v) is 13.4. The van der Waals surface area contributed by atoms with Crippen LogP contribution in [0.2, 0.25) is 0 Å². The van der Waals surface area contributed by atoms with E-state index in [4.69, 9.17) is 9.47 Å². The molecule has 4 aromatic rings. The van der Waals surface area contributed by atoms with E-state index in [0.717, 1.165) is 0 Å². The molecule has 0 aliphatic rings. The lowest BCUT2D eigenvalue weighted by atomic mass is 10.3. The van der Waals surface area contributed by atoms with Gasteiger partial charge in [0, 0.05) is 0 Å². The quantitative estimate of drug-likeness (QED) is 0.318. The molecule has 0 saturated carbocycles. The molecule has 0 saturated heterocycles. The predicted octanol–water partition coefficient (Wildman–Crippen LogP) is 4.69. The smallest absolute Gasteiger partial charge is 0.282 e. The summed E-state index contributed by atoms with van der Waals surface area (Å²) in [5.74, 6) is 0.361. The van der Waals surface area contributed by atoms with Crippen molar-refractivity contribution in [3.8, 4) is 23.0 Å². The van der Waals surface area contributed by atoms with Crippen LogP contribution in [-0.4, -0.2) is 27.0 Å². The van der Waals surface area contributed by atoms with Crippen LogP contribution in [0.4, 0.5) is 0 Å². The predicted molar refractivity (Wildman–Crippen MR) is 130 cm³/mol. The van der Waals surface area contributed by atoms with Gasteiger partial charge in [0.2, 0.25) is 19.7 Å². The standard InChI is InChI=1S/C26H20O8S2/c1-18(33-21-6-14-25(15-7-21)35(29,30)23-10-2-19(27)3-11-23)34-22-8-16-26(17-9-22)36(31,32)24-12-4-20(28)5-13-24/h2-17,27-28H,1H2.